The van der Waals surface area contributed by atoms with Crippen LogP contribution in [0.4, 0.5) is 5.69 Å². The molecule has 0 saturated carbocycles. The second-order valence-electron chi connectivity index (χ2n) is 9.71. The number of hydrogen-bond acceptors (Lipinski definition) is 7. The molecular weight excluding hydrogens is 504 g/mol. The highest BCUT2D eigenvalue weighted by molar-refractivity contribution is 6.30. The van der Waals surface area contributed by atoms with Crippen LogP contribution in [-0.4, -0.2) is 63.8 Å². The lowest BCUT2D eigenvalue weighted by molar-refractivity contribution is -0.0328. The first-order chi connectivity index (χ1) is 18.6. The van der Waals surface area contributed by atoms with E-state index in [0.717, 1.165) is 48.7 Å². The number of benzene rings is 3. The highest BCUT2D eigenvalue weighted by Gasteiger charge is 2.34. The van der Waals surface area contributed by atoms with Crippen molar-refractivity contribution in [1.29, 1.82) is 0 Å². The average molecular weight is 539 g/mol. The molecule has 0 amide bonds. The lowest BCUT2D eigenvalue weighted by atomic mass is 9.85. The summed E-state index contributed by atoms with van der Waals surface area (Å²) in [6.45, 7) is 4.85. The third-order valence-electron chi connectivity index (χ3n) is 7.03. The third kappa shape index (κ3) is 6.60. The highest BCUT2D eigenvalue weighted by Crippen LogP contribution is 2.35. The number of fused-ring (bicyclic) bond motifs is 1. The molecule has 2 N–H and O–H groups in total. The quantitative estimate of drug-likeness (QED) is 0.352. The summed E-state index contributed by atoms with van der Waals surface area (Å²) in [5.74, 6) is 2.15. The van der Waals surface area contributed by atoms with E-state index in [0.29, 0.717) is 42.8 Å². The van der Waals surface area contributed by atoms with Crippen LogP contribution in [0.3, 0.4) is 0 Å². The van der Waals surface area contributed by atoms with Gasteiger partial charge in [0.1, 0.15) is 23.9 Å². The second-order valence-corrected chi connectivity index (χ2v) is 10.1. The maximum Gasteiger partial charge on any atom is 0.142 e. The Balaban J connectivity index is 1.25. The fourth-order valence-electron chi connectivity index (χ4n) is 5.14. The van der Waals surface area contributed by atoms with Crippen molar-refractivity contribution in [3.05, 3.63) is 82.9 Å². The number of piperidine rings is 1. The first kappa shape index (κ1) is 26.8. The molecule has 38 heavy (non-hydrogen) atoms. The molecule has 202 valence electrons. The Bertz CT molecular complexity index is 1190. The van der Waals surface area contributed by atoms with E-state index < -0.39 is 6.10 Å². The van der Waals surface area contributed by atoms with Crippen molar-refractivity contribution in [2.45, 2.75) is 31.2 Å². The molecule has 0 radical (unpaired) electrons. The van der Waals surface area contributed by atoms with Crippen molar-refractivity contribution >= 4 is 17.3 Å². The summed E-state index contributed by atoms with van der Waals surface area (Å²) in [7, 11) is 1.73. The molecule has 3 aromatic carbocycles. The zero-order valence-corrected chi connectivity index (χ0v) is 22.4. The van der Waals surface area contributed by atoms with Crippen LogP contribution in [-0.2, 0) is 16.1 Å². The van der Waals surface area contributed by atoms with Gasteiger partial charge in [-0.05, 0) is 60.0 Å². The molecule has 3 atom stereocenters. The van der Waals surface area contributed by atoms with Gasteiger partial charge in [0, 0.05) is 44.3 Å². The Morgan fingerprint density at radius 2 is 1.92 bits per heavy atom. The van der Waals surface area contributed by atoms with Gasteiger partial charge in [-0.15, -0.1) is 0 Å². The van der Waals surface area contributed by atoms with Gasteiger partial charge in [0.2, 0.25) is 0 Å². The first-order valence-electron chi connectivity index (χ1n) is 13.1. The number of methoxy groups -OCH3 is 1. The van der Waals surface area contributed by atoms with E-state index in [2.05, 4.69) is 22.3 Å². The smallest absolute Gasteiger partial charge is 0.142 e. The summed E-state index contributed by atoms with van der Waals surface area (Å²) >= 11 is 6.07. The van der Waals surface area contributed by atoms with E-state index in [9.17, 15) is 5.11 Å². The fourth-order valence-corrected chi connectivity index (χ4v) is 5.32. The Morgan fingerprint density at radius 1 is 1.05 bits per heavy atom. The normalized spacial score (nSPS) is 21.0. The Morgan fingerprint density at radius 3 is 2.74 bits per heavy atom. The predicted octanol–water partition coefficient (Wildman–Crippen LogP) is 5.00. The molecule has 2 heterocycles. The molecule has 1 saturated heterocycles. The van der Waals surface area contributed by atoms with Gasteiger partial charge in [0.25, 0.3) is 0 Å². The summed E-state index contributed by atoms with van der Waals surface area (Å²) in [4.78, 5) is 2.35. The molecule has 0 bridgehead atoms. The Kier molecular flexibility index (Phi) is 9.04. The maximum absolute atomic E-state index is 10.9. The zero-order valence-electron chi connectivity index (χ0n) is 21.6. The van der Waals surface area contributed by atoms with Gasteiger partial charge in [-0.25, -0.2) is 0 Å². The van der Waals surface area contributed by atoms with Gasteiger partial charge in [-0.2, -0.15) is 0 Å². The summed E-state index contributed by atoms with van der Waals surface area (Å²) in [5, 5.41) is 14.8. The van der Waals surface area contributed by atoms with Crippen LogP contribution in [0.15, 0.2) is 66.7 Å². The molecule has 5 rings (SSSR count). The molecule has 2 aliphatic rings. The third-order valence-corrected chi connectivity index (χ3v) is 7.27. The van der Waals surface area contributed by atoms with Crippen LogP contribution in [0.2, 0.25) is 5.02 Å². The molecule has 0 aromatic heterocycles. The van der Waals surface area contributed by atoms with Crippen LogP contribution < -0.4 is 19.7 Å². The van der Waals surface area contributed by atoms with E-state index in [4.69, 9.17) is 30.5 Å². The number of ether oxygens (including phenoxy) is 4. The number of hydrogen-bond donors (Lipinski definition) is 2. The van der Waals surface area contributed by atoms with Gasteiger partial charge in [0.15, 0.2) is 0 Å². The summed E-state index contributed by atoms with van der Waals surface area (Å²) in [6.07, 6.45) is 0.234. The SMILES string of the molecule is COCCCN1CCOc2ccc(COC3CNCC(O)C3c3ccc(Oc4cccc(Cl)c4)cc3)cc21. The number of nitrogens with one attached hydrogen (secondary N) is 1. The van der Waals surface area contributed by atoms with Crippen LogP contribution in [0.25, 0.3) is 0 Å². The minimum absolute atomic E-state index is 0.150. The lowest BCUT2D eigenvalue weighted by Crippen LogP contribution is -2.49. The van der Waals surface area contributed by atoms with Crippen LogP contribution in [0.5, 0.6) is 17.2 Å². The number of aliphatic hydroxyl groups is 1. The number of halogens is 1. The molecule has 2 aliphatic heterocycles. The van der Waals surface area contributed by atoms with Gasteiger partial charge >= 0.3 is 0 Å². The van der Waals surface area contributed by atoms with Gasteiger partial charge in [-0.1, -0.05) is 35.9 Å². The second kappa shape index (κ2) is 12.8. The number of β-amino-alcohol motifs (C(OH)–C–C–N with tert-alkyl or cyclic N) is 1. The van der Waals surface area contributed by atoms with Gasteiger partial charge < -0.3 is 34.3 Å². The highest BCUT2D eigenvalue weighted by atomic mass is 35.5. The van der Waals surface area contributed by atoms with E-state index in [1.165, 1.54) is 0 Å². The topological polar surface area (TPSA) is 72.4 Å². The van der Waals surface area contributed by atoms with Crippen molar-refractivity contribution in [2.75, 3.05) is 51.4 Å². The van der Waals surface area contributed by atoms with Crippen molar-refractivity contribution < 1.29 is 24.1 Å². The number of nitrogens with zero attached hydrogens (tertiary/aromatic N) is 1. The van der Waals surface area contributed by atoms with Crippen LogP contribution in [0.1, 0.15) is 23.5 Å². The molecule has 7 nitrogen and oxygen atoms in total. The van der Waals surface area contributed by atoms with E-state index in [-0.39, 0.29) is 12.0 Å². The minimum atomic E-state index is -0.554. The monoisotopic (exact) mass is 538 g/mol. The Hall–Kier alpha value is -2.81. The number of rotatable bonds is 10. The fraction of sp³-hybridized carbons (Fsp3) is 0.400. The lowest BCUT2D eigenvalue weighted by Gasteiger charge is -2.36. The number of aliphatic hydroxyl groups excluding tert-OH is 1. The van der Waals surface area contributed by atoms with Gasteiger partial charge in [0.05, 0.1) is 31.0 Å². The molecular formula is C30H35ClN2O5. The summed E-state index contributed by atoms with van der Waals surface area (Å²) in [5.41, 5.74) is 3.20. The standard InChI is InChI=1S/C30H35ClN2O5/c1-35-14-3-12-33-13-15-36-28-11-6-21(16-26(28)33)20-37-29-19-32-18-27(34)30(29)22-7-9-24(10-8-22)38-25-5-2-4-23(31)17-25/h2,4-11,16-17,27,29-30,32,34H,3,12-15,18-20H2,1H3. The van der Waals surface area contributed by atoms with Crippen molar-refractivity contribution in [2.24, 2.45) is 0 Å². The van der Waals surface area contributed by atoms with Gasteiger partial charge in [-0.3, -0.25) is 0 Å². The summed E-state index contributed by atoms with van der Waals surface area (Å²) < 4.78 is 23.5. The van der Waals surface area contributed by atoms with Crippen molar-refractivity contribution in [3.63, 3.8) is 0 Å². The number of anilines is 1. The average Bonchev–Trinajstić information content (AvgIpc) is 2.93. The van der Waals surface area contributed by atoms with Crippen molar-refractivity contribution in [3.8, 4) is 17.2 Å². The molecule has 0 aliphatic carbocycles. The summed E-state index contributed by atoms with van der Waals surface area (Å²) in [6, 6.07) is 21.4. The van der Waals surface area contributed by atoms with Crippen LogP contribution >= 0.6 is 11.6 Å². The maximum atomic E-state index is 10.9. The molecule has 1 fully saturated rings. The predicted molar refractivity (Wildman–Crippen MR) is 149 cm³/mol. The van der Waals surface area contributed by atoms with E-state index >= 15 is 0 Å². The molecule has 3 aromatic rings. The minimum Gasteiger partial charge on any atom is -0.490 e. The molecule has 0 spiro atoms. The van der Waals surface area contributed by atoms with E-state index in [1.54, 1.807) is 13.2 Å². The van der Waals surface area contributed by atoms with Crippen molar-refractivity contribution in [1.82, 2.24) is 5.32 Å². The first-order valence-corrected chi connectivity index (χ1v) is 13.5. The molecule has 3 unspecified atom stereocenters. The van der Waals surface area contributed by atoms with Crippen LogP contribution in [0, 0.1) is 0 Å². The molecule has 8 heteroatoms. The van der Waals surface area contributed by atoms with E-state index in [1.807, 2.05) is 48.5 Å². The largest absolute Gasteiger partial charge is 0.490 e. The zero-order chi connectivity index (χ0) is 26.3. The Labute approximate surface area is 229 Å².